The smallest absolute Gasteiger partial charge is 0.222 e. The number of nitrogens with two attached hydrogens (primary N) is 1. The van der Waals surface area contributed by atoms with Gasteiger partial charge in [-0.1, -0.05) is 13.8 Å². The van der Waals surface area contributed by atoms with Crippen molar-refractivity contribution in [2.75, 3.05) is 23.7 Å². The lowest BCUT2D eigenvalue weighted by atomic mass is 10.1. The number of piperazine rings is 1. The molecule has 3 rings (SSSR count). The fourth-order valence-electron chi connectivity index (χ4n) is 2.76. The van der Waals surface area contributed by atoms with Gasteiger partial charge in [0, 0.05) is 31.2 Å². The SMILES string of the molecule is CC(C)c1cc(N2CC3CC2CN3)nc(N)n1. The van der Waals surface area contributed by atoms with E-state index >= 15 is 0 Å². The molecule has 92 valence electrons. The van der Waals surface area contributed by atoms with Crippen LogP contribution in [0.5, 0.6) is 0 Å². The monoisotopic (exact) mass is 233 g/mol. The van der Waals surface area contributed by atoms with Crippen LogP contribution in [-0.2, 0) is 0 Å². The highest BCUT2D eigenvalue weighted by Gasteiger charge is 2.38. The first-order valence-corrected chi connectivity index (χ1v) is 6.28. The van der Waals surface area contributed by atoms with Gasteiger partial charge in [0.25, 0.3) is 0 Å². The van der Waals surface area contributed by atoms with E-state index in [4.69, 9.17) is 5.73 Å². The van der Waals surface area contributed by atoms with Crippen LogP contribution >= 0.6 is 0 Å². The average molecular weight is 233 g/mol. The lowest BCUT2D eigenvalue weighted by molar-refractivity contribution is 0.575. The molecule has 2 saturated heterocycles. The lowest BCUT2D eigenvalue weighted by Gasteiger charge is -2.29. The Balaban J connectivity index is 1.92. The highest BCUT2D eigenvalue weighted by molar-refractivity contribution is 5.47. The molecule has 0 amide bonds. The highest BCUT2D eigenvalue weighted by Crippen LogP contribution is 2.29. The summed E-state index contributed by atoms with van der Waals surface area (Å²) in [5.41, 5.74) is 6.83. The number of hydrogen-bond donors (Lipinski definition) is 2. The first-order chi connectivity index (χ1) is 8.13. The third kappa shape index (κ3) is 1.84. The fraction of sp³-hybridized carbons (Fsp3) is 0.667. The third-order valence-electron chi connectivity index (χ3n) is 3.69. The van der Waals surface area contributed by atoms with Gasteiger partial charge in [0.15, 0.2) is 0 Å². The molecule has 1 aromatic rings. The molecule has 5 heteroatoms. The second kappa shape index (κ2) is 3.84. The summed E-state index contributed by atoms with van der Waals surface area (Å²) in [7, 11) is 0. The molecule has 5 nitrogen and oxygen atoms in total. The van der Waals surface area contributed by atoms with Gasteiger partial charge in [-0.05, 0) is 12.3 Å². The number of aromatic nitrogens is 2. The van der Waals surface area contributed by atoms with E-state index in [0.29, 0.717) is 23.9 Å². The standard InChI is InChI=1S/C12H19N5/c1-7(2)10-4-11(16-12(13)15-10)17-6-8-3-9(17)5-14-8/h4,7-9,14H,3,5-6H2,1-2H3,(H2,13,15,16). The second-order valence-electron chi connectivity index (χ2n) is 5.31. The largest absolute Gasteiger partial charge is 0.368 e. The van der Waals surface area contributed by atoms with Gasteiger partial charge in [-0.2, -0.15) is 4.98 Å². The summed E-state index contributed by atoms with van der Waals surface area (Å²) in [6, 6.07) is 3.29. The molecule has 0 saturated carbocycles. The van der Waals surface area contributed by atoms with Crippen LogP contribution in [0.2, 0.25) is 0 Å². The number of nitrogens with one attached hydrogen (secondary N) is 1. The number of anilines is 2. The van der Waals surface area contributed by atoms with Crippen LogP contribution in [0.15, 0.2) is 6.07 Å². The van der Waals surface area contributed by atoms with Gasteiger partial charge in [0.1, 0.15) is 5.82 Å². The zero-order chi connectivity index (χ0) is 12.0. The molecular formula is C12H19N5. The Bertz CT molecular complexity index is 431. The molecule has 0 aromatic carbocycles. The number of nitrogen functional groups attached to an aromatic ring is 1. The van der Waals surface area contributed by atoms with E-state index in [9.17, 15) is 0 Å². The molecule has 2 aliphatic heterocycles. The van der Waals surface area contributed by atoms with E-state index in [1.165, 1.54) is 6.42 Å². The summed E-state index contributed by atoms with van der Waals surface area (Å²) in [6.45, 7) is 6.36. The van der Waals surface area contributed by atoms with Crippen molar-refractivity contribution in [3.63, 3.8) is 0 Å². The number of nitrogens with zero attached hydrogens (tertiary/aromatic N) is 3. The minimum absolute atomic E-state index is 0.386. The first kappa shape index (κ1) is 10.8. The van der Waals surface area contributed by atoms with E-state index in [1.54, 1.807) is 0 Å². The number of hydrogen-bond acceptors (Lipinski definition) is 5. The molecule has 3 heterocycles. The van der Waals surface area contributed by atoms with Gasteiger partial charge < -0.3 is 16.0 Å². The van der Waals surface area contributed by atoms with Gasteiger partial charge in [0.2, 0.25) is 5.95 Å². The van der Waals surface area contributed by atoms with E-state index in [-0.39, 0.29) is 0 Å². The van der Waals surface area contributed by atoms with Crippen LogP contribution in [0.1, 0.15) is 31.9 Å². The summed E-state index contributed by atoms with van der Waals surface area (Å²) < 4.78 is 0. The Morgan fingerprint density at radius 3 is 2.88 bits per heavy atom. The van der Waals surface area contributed by atoms with Gasteiger partial charge in [0.05, 0.1) is 5.69 Å². The molecule has 2 unspecified atom stereocenters. The molecule has 0 spiro atoms. The van der Waals surface area contributed by atoms with Crippen LogP contribution in [0.25, 0.3) is 0 Å². The van der Waals surface area contributed by atoms with E-state index in [0.717, 1.165) is 24.6 Å². The van der Waals surface area contributed by atoms with Crippen molar-refractivity contribution in [3.8, 4) is 0 Å². The van der Waals surface area contributed by atoms with Crippen molar-refractivity contribution in [2.24, 2.45) is 0 Å². The summed E-state index contributed by atoms with van der Waals surface area (Å²) >= 11 is 0. The minimum atomic E-state index is 0.386. The van der Waals surface area contributed by atoms with Crippen molar-refractivity contribution in [1.82, 2.24) is 15.3 Å². The zero-order valence-electron chi connectivity index (χ0n) is 10.3. The Labute approximate surface area is 101 Å². The summed E-state index contributed by atoms with van der Waals surface area (Å²) in [6.07, 6.45) is 1.22. The van der Waals surface area contributed by atoms with Gasteiger partial charge in [-0.3, -0.25) is 0 Å². The first-order valence-electron chi connectivity index (χ1n) is 6.28. The molecule has 0 aliphatic carbocycles. The maximum atomic E-state index is 5.80. The Morgan fingerprint density at radius 2 is 2.29 bits per heavy atom. The van der Waals surface area contributed by atoms with E-state index in [1.807, 2.05) is 0 Å². The molecule has 0 radical (unpaired) electrons. The Hall–Kier alpha value is -1.36. The van der Waals surface area contributed by atoms with Crippen molar-refractivity contribution in [3.05, 3.63) is 11.8 Å². The van der Waals surface area contributed by atoms with Crippen LogP contribution in [0, 0.1) is 0 Å². The van der Waals surface area contributed by atoms with Crippen LogP contribution in [0.3, 0.4) is 0 Å². The van der Waals surface area contributed by atoms with Gasteiger partial charge >= 0.3 is 0 Å². The van der Waals surface area contributed by atoms with Crippen molar-refractivity contribution < 1.29 is 0 Å². The van der Waals surface area contributed by atoms with E-state index < -0.39 is 0 Å². The summed E-state index contributed by atoms with van der Waals surface area (Å²) in [5, 5.41) is 3.49. The van der Waals surface area contributed by atoms with Crippen LogP contribution in [-0.4, -0.2) is 35.1 Å². The highest BCUT2D eigenvalue weighted by atomic mass is 15.3. The fourth-order valence-corrected chi connectivity index (χ4v) is 2.76. The molecule has 2 aliphatic rings. The normalized spacial score (nSPS) is 27.1. The average Bonchev–Trinajstić information content (AvgIpc) is 2.89. The Morgan fingerprint density at radius 1 is 1.47 bits per heavy atom. The molecule has 3 N–H and O–H groups in total. The predicted octanol–water partition coefficient (Wildman–Crippen LogP) is 0.733. The van der Waals surface area contributed by atoms with Crippen molar-refractivity contribution in [2.45, 2.75) is 38.3 Å². The molecule has 1 aromatic heterocycles. The topological polar surface area (TPSA) is 67.1 Å². The molecule has 2 bridgehead atoms. The summed E-state index contributed by atoms with van der Waals surface area (Å²) in [5.74, 6) is 1.77. The molecule has 17 heavy (non-hydrogen) atoms. The zero-order valence-corrected chi connectivity index (χ0v) is 10.3. The van der Waals surface area contributed by atoms with Gasteiger partial charge in [-0.15, -0.1) is 0 Å². The lowest BCUT2D eigenvalue weighted by Crippen LogP contribution is -2.44. The van der Waals surface area contributed by atoms with Crippen molar-refractivity contribution >= 4 is 11.8 Å². The predicted molar refractivity (Wildman–Crippen MR) is 68.1 cm³/mol. The molecule has 2 fully saturated rings. The maximum absolute atomic E-state index is 5.80. The minimum Gasteiger partial charge on any atom is -0.368 e. The van der Waals surface area contributed by atoms with Crippen LogP contribution in [0.4, 0.5) is 11.8 Å². The summed E-state index contributed by atoms with van der Waals surface area (Å²) in [4.78, 5) is 11.0. The molecular weight excluding hydrogens is 214 g/mol. The quantitative estimate of drug-likeness (QED) is 0.788. The van der Waals surface area contributed by atoms with Crippen molar-refractivity contribution in [1.29, 1.82) is 0 Å². The second-order valence-corrected chi connectivity index (χ2v) is 5.31. The number of rotatable bonds is 2. The number of fused-ring (bicyclic) bond motifs is 2. The maximum Gasteiger partial charge on any atom is 0.222 e. The third-order valence-corrected chi connectivity index (χ3v) is 3.69. The van der Waals surface area contributed by atoms with Gasteiger partial charge in [-0.25, -0.2) is 4.98 Å². The van der Waals surface area contributed by atoms with Crippen LogP contribution < -0.4 is 16.0 Å². The molecule has 2 atom stereocenters. The van der Waals surface area contributed by atoms with E-state index in [2.05, 4.69) is 40.1 Å². The Kier molecular flexibility index (Phi) is 2.43.